The highest BCUT2D eigenvalue weighted by Crippen LogP contribution is 2.26. The van der Waals surface area contributed by atoms with Crippen LogP contribution in [0.3, 0.4) is 0 Å². The van der Waals surface area contributed by atoms with Crippen molar-refractivity contribution < 1.29 is 9.53 Å². The van der Waals surface area contributed by atoms with Crippen molar-refractivity contribution in [1.82, 2.24) is 10.2 Å². The van der Waals surface area contributed by atoms with Gasteiger partial charge in [-0.2, -0.15) is 0 Å². The lowest BCUT2D eigenvalue weighted by Crippen LogP contribution is -2.41. The van der Waals surface area contributed by atoms with Gasteiger partial charge in [0.2, 0.25) is 0 Å². The van der Waals surface area contributed by atoms with Crippen LogP contribution in [-0.4, -0.2) is 42.8 Å². The standard InChI is InChI=1S/C18H34N2O2/c1-18(2,3)22-17(21)19-13-15-9-11-20(12-10-15)14-16-7-5-4-6-8-16/h15-16H,4-14H2,1-3H3,(H,19,21). The molecule has 0 spiro atoms. The minimum Gasteiger partial charge on any atom is -0.444 e. The molecule has 2 fully saturated rings. The van der Waals surface area contributed by atoms with Crippen molar-refractivity contribution in [2.45, 2.75) is 71.3 Å². The van der Waals surface area contributed by atoms with Gasteiger partial charge < -0.3 is 15.0 Å². The lowest BCUT2D eigenvalue weighted by atomic mass is 9.88. The Hall–Kier alpha value is -0.770. The van der Waals surface area contributed by atoms with Gasteiger partial charge in [-0.05, 0) is 71.4 Å². The lowest BCUT2D eigenvalue weighted by molar-refractivity contribution is 0.0508. The molecule has 22 heavy (non-hydrogen) atoms. The van der Waals surface area contributed by atoms with E-state index in [2.05, 4.69) is 10.2 Å². The predicted molar refractivity (Wildman–Crippen MR) is 90.0 cm³/mol. The number of carbonyl (C=O) groups excluding carboxylic acids is 1. The Bertz CT molecular complexity index is 337. The number of likely N-dealkylation sites (tertiary alicyclic amines) is 1. The van der Waals surface area contributed by atoms with Crippen molar-refractivity contribution in [1.29, 1.82) is 0 Å². The van der Waals surface area contributed by atoms with Crippen LogP contribution in [0.1, 0.15) is 65.7 Å². The number of carbonyl (C=O) groups is 1. The molecule has 0 bridgehead atoms. The number of piperidine rings is 1. The maximum Gasteiger partial charge on any atom is 0.407 e. The summed E-state index contributed by atoms with van der Waals surface area (Å²) in [6.07, 6.45) is 9.28. The van der Waals surface area contributed by atoms with E-state index in [1.54, 1.807) is 0 Å². The molecule has 1 N–H and O–H groups in total. The zero-order chi connectivity index (χ0) is 16.0. The first-order valence-electron chi connectivity index (χ1n) is 9.11. The van der Waals surface area contributed by atoms with E-state index in [9.17, 15) is 4.79 Å². The van der Waals surface area contributed by atoms with Crippen molar-refractivity contribution in [3.05, 3.63) is 0 Å². The fourth-order valence-electron chi connectivity index (χ4n) is 3.65. The molecule has 4 nitrogen and oxygen atoms in total. The molecular formula is C18H34N2O2. The van der Waals surface area contributed by atoms with Gasteiger partial charge in [-0.3, -0.25) is 0 Å². The molecule has 128 valence electrons. The zero-order valence-electron chi connectivity index (χ0n) is 14.7. The van der Waals surface area contributed by atoms with Crippen LogP contribution in [0.25, 0.3) is 0 Å². The highest BCUT2D eigenvalue weighted by atomic mass is 16.6. The quantitative estimate of drug-likeness (QED) is 0.858. The summed E-state index contributed by atoms with van der Waals surface area (Å²) < 4.78 is 5.29. The molecule has 1 saturated carbocycles. The Kier molecular flexibility index (Phi) is 6.54. The summed E-state index contributed by atoms with van der Waals surface area (Å²) in [4.78, 5) is 14.3. The average Bonchev–Trinajstić information content (AvgIpc) is 2.46. The van der Waals surface area contributed by atoms with E-state index in [1.807, 2.05) is 20.8 Å². The Morgan fingerprint density at radius 1 is 1.05 bits per heavy atom. The normalized spacial score (nSPS) is 22.5. The van der Waals surface area contributed by atoms with E-state index in [0.717, 1.165) is 12.5 Å². The van der Waals surface area contributed by atoms with Crippen LogP contribution >= 0.6 is 0 Å². The summed E-state index contributed by atoms with van der Waals surface area (Å²) in [6, 6.07) is 0. The first-order valence-corrected chi connectivity index (χ1v) is 9.11. The zero-order valence-corrected chi connectivity index (χ0v) is 14.7. The van der Waals surface area contributed by atoms with Crippen LogP contribution in [0.5, 0.6) is 0 Å². The largest absolute Gasteiger partial charge is 0.444 e. The number of hydrogen-bond donors (Lipinski definition) is 1. The number of ether oxygens (including phenoxy) is 1. The fourth-order valence-corrected chi connectivity index (χ4v) is 3.65. The first-order chi connectivity index (χ1) is 10.4. The van der Waals surface area contributed by atoms with E-state index in [4.69, 9.17) is 4.74 Å². The molecule has 0 atom stereocenters. The van der Waals surface area contributed by atoms with Gasteiger partial charge in [0.15, 0.2) is 0 Å². The predicted octanol–water partition coefficient (Wildman–Crippen LogP) is 3.80. The third-order valence-electron chi connectivity index (χ3n) is 4.88. The third-order valence-corrected chi connectivity index (χ3v) is 4.88. The van der Waals surface area contributed by atoms with Gasteiger partial charge in [-0.15, -0.1) is 0 Å². The van der Waals surface area contributed by atoms with Crippen molar-refractivity contribution in [3.63, 3.8) is 0 Å². The van der Waals surface area contributed by atoms with E-state index in [-0.39, 0.29) is 6.09 Å². The Labute approximate surface area is 136 Å². The second-order valence-electron chi connectivity index (χ2n) is 8.13. The number of hydrogen-bond acceptors (Lipinski definition) is 3. The molecule has 1 saturated heterocycles. The van der Waals surface area contributed by atoms with Gasteiger partial charge in [0, 0.05) is 13.1 Å². The van der Waals surface area contributed by atoms with Gasteiger partial charge in [0.1, 0.15) is 5.60 Å². The number of alkyl carbamates (subject to hydrolysis) is 1. The smallest absolute Gasteiger partial charge is 0.407 e. The van der Waals surface area contributed by atoms with Gasteiger partial charge >= 0.3 is 6.09 Å². The SMILES string of the molecule is CC(C)(C)OC(=O)NCC1CCN(CC2CCCCC2)CC1. The van der Waals surface area contributed by atoms with Gasteiger partial charge in [-0.25, -0.2) is 4.79 Å². The van der Waals surface area contributed by atoms with Crippen molar-refractivity contribution >= 4 is 6.09 Å². The van der Waals surface area contributed by atoms with Crippen LogP contribution in [0.15, 0.2) is 0 Å². The second kappa shape index (κ2) is 8.19. The highest BCUT2D eigenvalue weighted by molar-refractivity contribution is 5.67. The van der Waals surface area contributed by atoms with E-state index in [1.165, 1.54) is 64.6 Å². The summed E-state index contributed by atoms with van der Waals surface area (Å²) in [5, 5.41) is 2.93. The van der Waals surface area contributed by atoms with E-state index < -0.39 is 5.60 Å². The Morgan fingerprint density at radius 2 is 1.68 bits per heavy atom. The summed E-state index contributed by atoms with van der Waals surface area (Å²) in [7, 11) is 0. The summed E-state index contributed by atoms with van der Waals surface area (Å²) in [5.74, 6) is 1.54. The van der Waals surface area contributed by atoms with Crippen LogP contribution in [0, 0.1) is 11.8 Å². The minimum absolute atomic E-state index is 0.280. The first kappa shape index (κ1) is 17.6. The minimum atomic E-state index is -0.409. The Morgan fingerprint density at radius 3 is 2.27 bits per heavy atom. The van der Waals surface area contributed by atoms with Gasteiger partial charge in [-0.1, -0.05) is 19.3 Å². The molecule has 2 aliphatic rings. The summed E-state index contributed by atoms with van der Waals surface area (Å²) >= 11 is 0. The molecular weight excluding hydrogens is 276 g/mol. The molecule has 2 rings (SSSR count). The van der Waals surface area contributed by atoms with E-state index in [0.29, 0.717) is 5.92 Å². The van der Waals surface area contributed by atoms with Crippen LogP contribution in [0.2, 0.25) is 0 Å². The Balaban J connectivity index is 1.59. The molecule has 0 aromatic rings. The van der Waals surface area contributed by atoms with Crippen molar-refractivity contribution in [2.24, 2.45) is 11.8 Å². The van der Waals surface area contributed by atoms with Crippen LogP contribution in [-0.2, 0) is 4.74 Å². The molecule has 1 heterocycles. The average molecular weight is 310 g/mol. The van der Waals surface area contributed by atoms with Crippen molar-refractivity contribution in [2.75, 3.05) is 26.2 Å². The van der Waals surface area contributed by atoms with E-state index >= 15 is 0 Å². The summed E-state index contributed by atoms with van der Waals surface area (Å²) in [5.41, 5.74) is -0.409. The molecule has 1 aliphatic heterocycles. The topological polar surface area (TPSA) is 41.6 Å². The second-order valence-corrected chi connectivity index (χ2v) is 8.13. The molecule has 0 radical (unpaired) electrons. The molecule has 0 aromatic heterocycles. The molecule has 1 aliphatic carbocycles. The lowest BCUT2D eigenvalue weighted by Gasteiger charge is -2.35. The maximum absolute atomic E-state index is 11.7. The number of nitrogens with one attached hydrogen (secondary N) is 1. The van der Waals surface area contributed by atoms with Gasteiger partial charge in [0.25, 0.3) is 0 Å². The maximum atomic E-state index is 11.7. The summed E-state index contributed by atoms with van der Waals surface area (Å²) in [6.45, 7) is 10.1. The number of nitrogens with zero attached hydrogens (tertiary/aromatic N) is 1. The number of rotatable bonds is 4. The van der Waals surface area contributed by atoms with Crippen molar-refractivity contribution in [3.8, 4) is 0 Å². The fraction of sp³-hybridized carbons (Fsp3) is 0.944. The molecule has 1 amide bonds. The highest BCUT2D eigenvalue weighted by Gasteiger charge is 2.23. The van der Waals surface area contributed by atoms with Crippen LogP contribution in [0.4, 0.5) is 4.79 Å². The molecule has 0 aromatic carbocycles. The molecule has 0 unspecified atom stereocenters. The third kappa shape index (κ3) is 6.55. The van der Waals surface area contributed by atoms with Gasteiger partial charge in [0.05, 0.1) is 0 Å². The number of amides is 1. The molecule has 4 heteroatoms. The monoisotopic (exact) mass is 310 g/mol. The van der Waals surface area contributed by atoms with Crippen LogP contribution < -0.4 is 5.32 Å².